The van der Waals surface area contributed by atoms with E-state index in [0.29, 0.717) is 24.3 Å². The number of nitro groups is 1. The second-order valence-electron chi connectivity index (χ2n) is 4.10. The molecule has 0 aliphatic carbocycles. The van der Waals surface area contributed by atoms with Crippen molar-refractivity contribution in [3.05, 3.63) is 33.9 Å². The lowest BCUT2D eigenvalue weighted by atomic mass is 10.1. The predicted molar refractivity (Wildman–Crippen MR) is 73.8 cm³/mol. The molecular formula is C13H15N5O2. The van der Waals surface area contributed by atoms with Crippen LogP contribution in [-0.4, -0.2) is 29.5 Å². The molecule has 0 unspecified atom stereocenters. The normalized spacial score (nSPS) is 9.80. The lowest BCUT2D eigenvalue weighted by molar-refractivity contribution is -0.384. The second kappa shape index (κ2) is 7.72. The van der Waals surface area contributed by atoms with Crippen LogP contribution in [0.5, 0.6) is 0 Å². The van der Waals surface area contributed by atoms with Crippen molar-refractivity contribution in [1.82, 2.24) is 4.90 Å². The molecule has 0 radical (unpaired) electrons. The Kier molecular flexibility index (Phi) is 5.95. The number of nitriles is 2. The number of benzene rings is 1. The molecule has 0 aliphatic rings. The molecule has 0 heterocycles. The first-order valence-corrected chi connectivity index (χ1v) is 6.09. The van der Waals surface area contributed by atoms with Crippen LogP contribution in [0.25, 0.3) is 0 Å². The Labute approximate surface area is 117 Å². The molecule has 0 saturated heterocycles. The standard InChI is InChI=1S/C13H15N5O2/c1-2-16-12-4-3-11(9-13(12)18(19)20)10-17(7-5-14)8-6-15/h3-4,9,16H,2,7-8,10H2,1H3. The third-order valence-electron chi connectivity index (χ3n) is 2.62. The minimum atomic E-state index is -0.444. The first-order valence-electron chi connectivity index (χ1n) is 6.09. The average molecular weight is 273 g/mol. The minimum Gasteiger partial charge on any atom is -0.380 e. The predicted octanol–water partition coefficient (Wildman–Crippen LogP) is 1.88. The van der Waals surface area contributed by atoms with E-state index >= 15 is 0 Å². The monoisotopic (exact) mass is 273 g/mol. The van der Waals surface area contributed by atoms with Crippen molar-refractivity contribution in [3.8, 4) is 12.1 Å². The molecule has 1 rings (SSSR count). The summed E-state index contributed by atoms with van der Waals surface area (Å²) in [6, 6.07) is 8.82. The Hall–Kier alpha value is -2.64. The first-order chi connectivity index (χ1) is 9.62. The van der Waals surface area contributed by atoms with Gasteiger partial charge in [0.2, 0.25) is 0 Å². The molecule has 0 aromatic heterocycles. The second-order valence-corrected chi connectivity index (χ2v) is 4.10. The van der Waals surface area contributed by atoms with Crippen molar-refractivity contribution in [1.29, 1.82) is 10.5 Å². The maximum Gasteiger partial charge on any atom is 0.292 e. The Morgan fingerprint density at radius 3 is 2.50 bits per heavy atom. The molecule has 1 aromatic carbocycles. The third kappa shape index (κ3) is 4.23. The smallest absolute Gasteiger partial charge is 0.292 e. The maximum atomic E-state index is 11.0. The number of nitro benzene ring substituents is 1. The summed E-state index contributed by atoms with van der Waals surface area (Å²) in [4.78, 5) is 12.2. The number of anilines is 1. The van der Waals surface area contributed by atoms with Crippen molar-refractivity contribution < 1.29 is 4.92 Å². The van der Waals surface area contributed by atoms with Gasteiger partial charge >= 0.3 is 0 Å². The Balaban J connectivity index is 2.97. The molecule has 1 aromatic rings. The quantitative estimate of drug-likeness (QED) is 0.462. The molecule has 0 spiro atoms. The lowest BCUT2D eigenvalue weighted by Gasteiger charge is -2.15. The fraction of sp³-hybridized carbons (Fsp3) is 0.385. The van der Waals surface area contributed by atoms with Gasteiger partial charge in [-0.05, 0) is 18.6 Å². The topological polar surface area (TPSA) is 106 Å². The third-order valence-corrected chi connectivity index (χ3v) is 2.62. The van der Waals surface area contributed by atoms with E-state index in [1.807, 2.05) is 19.1 Å². The van der Waals surface area contributed by atoms with Crippen LogP contribution in [-0.2, 0) is 6.54 Å². The van der Waals surface area contributed by atoms with Crippen molar-refractivity contribution in [2.45, 2.75) is 13.5 Å². The number of nitrogens with one attached hydrogen (secondary N) is 1. The molecule has 0 bridgehead atoms. The van der Waals surface area contributed by atoms with E-state index in [-0.39, 0.29) is 18.8 Å². The first kappa shape index (κ1) is 15.4. The van der Waals surface area contributed by atoms with E-state index in [4.69, 9.17) is 10.5 Å². The van der Waals surface area contributed by atoms with Gasteiger partial charge in [0.1, 0.15) is 5.69 Å². The van der Waals surface area contributed by atoms with E-state index in [9.17, 15) is 10.1 Å². The van der Waals surface area contributed by atoms with Crippen LogP contribution in [0.2, 0.25) is 0 Å². The highest BCUT2D eigenvalue weighted by Crippen LogP contribution is 2.25. The van der Waals surface area contributed by atoms with Crippen molar-refractivity contribution >= 4 is 11.4 Å². The molecule has 20 heavy (non-hydrogen) atoms. The van der Waals surface area contributed by atoms with E-state index < -0.39 is 4.92 Å². The van der Waals surface area contributed by atoms with Crippen molar-refractivity contribution in [2.75, 3.05) is 25.0 Å². The van der Waals surface area contributed by atoms with Gasteiger partial charge in [-0.3, -0.25) is 15.0 Å². The molecular weight excluding hydrogens is 258 g/mol. The van der Waals surface area contributed by atoms with Crippen LogP contribution in [0.15, 0.2) is 18.2 Å². The fourth-order valence-electron chi connectivity index (χ4n) is 1.79. The van der Waals surface area contributed by atoms with Crippen LogP contribution in [0.1, 0.15) is 12.5 Å². The molecule has 0 fully saturated rings. The SMILES string of the molecule is CCNc1ccc(CN(CC#N)CC#N)cc1[N+](=O)[O-]. The number of hydrogen-bond acceptors (Lipinski definition) is 6. The highest BCUT2D eigenvalue weighted by atomic mass is 16.6. The van der Waals surface area contributed by atoms with E-state index in [1.165, 1.54) is 6.07 Å². The van der Waals surface area contributed by atoms with Gasteiger partial charge in [0, 0.05) is 19.2 Å². The van der Waals surface area contributed by atoms with E-state index in [2.05, 4.69) is 5.32 Å². The Morgan fingerprint density at radius 1 is 1.35 bits per heavy atom. The summed E-state index contributed by atoms with van der Waals surface area (Å²) in [6.07, 6.45) is 0. The van der Waals surface area contributed by atoms with Gasteiger partial charge in [-0.25, -0.2) is 0 Å². The van der Waals surface area contributed by atoms with Crippen LogP contribution in [0.3, 0.4) is 0 Å². The van der Waals surface area contributed by atoms with Crippen molar-refractivity contribution in [3.63, 3.8) is 0 Å². The zero-order chi connectivity index (χ0) is 15.0. The summed E-state index contributed by atoms with van der Waals surface area (Å²) in [5, 5.41) is 31.3. The molecule has 0 atom stereocenters. The van der Waals surface area contributed by atoms with Gasteiger partial charge in [0.05, 0.1) is 30.2 Å². The molecule has 7 nitrogen and oxygen atoms in total. The molecule has 104 valence electrons. The summed E-state index contributed by atoms with van der Waals surface area (Å²) >= 11 is 0. The van der Waals surface area contributed by atoms with Gasteiger partial charge in [-0.15, -0.1) is 0 Å². The molecule has 0 saturated carbocycles. The number of hydrogen-bond donors (Lipinski definition) is 1. The molecule has 1 N–H and O–H groups in total. The molecule has 7 heteroatoms. The summed E-state index contributed by atoms with van der Waals surface area (Å²) in [7, 11) is 0. The summed E-state index contributed by atoms with van der Waals surface area (Å²) in [5.41, 5.74) is 1.16. The lowest BCUT2D eigenvalue weighted by Crippen LogP contribution is -2.23. The zero-order valence-corrected chi connectivity index (χ0v) is 11.2. The van der Waals surface area contributed by atoms with Crippen LogP contribution in [0, 0.1) is 32.8 Å². The largest absolute Gasteiger partial charge is 0.380 e. The minimum absolute atomic E-state index is 0.00165. The highest BCUT2D eigenvalue weighted by molar-refractivity contribution is 5.62. The van der Waals surface area contributed by atoms with E-state index in [1.54, 1.807) is 17.0 Å². The highest BCUT2D eigenvalue weighted by Gasteiger charge is 2.15. The zero-order valence-electron chi connectivity index (χ0n) is 11.2. The number of nitrogens with zero attached hydrogens (tertiary/aromatic N) is 4. The molecule has 0 aliphatic heterocycles. The maximum absolute atomic E-state index is 11.0. The Bertz CT molecular complexity index is 543. The fourth-order valence-corrected chi connectivity index (χ4v) is 1.79. The van der Waals surface area contributed by atoms with Crippen LogP contribution < -0.4 is 5.32 Å². The van der Waals surface area contributed by atoms with Gasteiger partial charge in [-0.1, -0.05) is 6.07 Å². The summed E-state index contributed by atoms with van der Waals surface area (Å²) < 4.78 is 0. The van der Waals surface area contributed by atoms with Gasteiger partial charge in [0.25, 0.3) is 5.69 Å². The average Bonchev–Trinajstić information content (AvgIpc) is 2.41. The summed E-state index contributed by atoms with van der Waals surface area (Å²) in [6.45, 7) is 3.00. The van der Waals surface area contributed by atoms with Crippen LogP contribution >= 0.6 is 0 Å². The van der Waals surface area contributed by atoms with Gasteiger partial charge in [0.15, 0.2) is 0 Å². The number of rotatable bonds is 7. The van der Waals surface area contributed by atoms with E-state index in [0.717, 1.165) is 0 Å². The Morgan fingerprint density at radius 2 is 2.00 bits per heavy atom. The van der Waals surface area contributed by atoms with Gasteiger partial charge in [-0.2, -0.15) is 10.5 Å². The summed E-state index contributed by atoms with van der Waals surface area (Å²) in [5.74, 6) is 0. The van der Waals surface area contributed by atoms with Crippen molar-refractivity contribution in [2.24, 2.45) is 0 Å². The van der Waals surface area contributed by atoms with Crippen LogP contribution in [0.4, 0.5) is 11.4 Å². The van der Waals surface area contributed by atoms with Gasteiger partial charge < -0.3 is 5.32 Å². The molecule has 0 amide bonds.